The van der Waals surface area contributed by atoms with Gasteiger partial charge in [0.1, 0.15) is 0 Å². The van der Waals surface area contributed by atoms with Crippen molar-refractivity contribution in [2.24, 2.45) is 0 Å². The largest absolute Gasteiger partial charge is 0.759 e. The van der Waals surface area contributed by atoms with E-state index in [0.29, 0.717) is 0 Å². The minimum atomic E-state index is -5.17. The van der Waals surface area contributed by atoms with E-state index in [2.05, 4.69) is 28.2 Å². The van der Waals surface area contributed by atoms with Crippen molar-refractivity contribution in [1.29, 1.82) is 0 Å². The van der Waals surface area contributed by atoms with Gasteiger partial charge in [-0.3, -0.25) is 8.42 Å². The number of hydrogen-bond donors (Lipinski definition) is 0. The van der Waals surface area contributed by atoms with E-state index in [1.165, 1.54) is 0 Å². The zero-order chi connectivity index (χ0) is 9.00. The highest BCUT2D eigenvalue weighted by molar-refractivity contribution is 7.79. The molecular weight excluding hydrogens is 174 g/mol. The second-order valence-corrected chi connectivity index (χ2v) is 3.91. The summed E-state index contributed by atoms with van der Waals surface area (Å²) in [5.74, 6) is 0. The van der Waals surface area contributed by atoms with Gasteiger partial charge in [0.25, 0.3) is 0 Å². The lowest BCUT2D eigenvalue weighted by atomic mass is 10.8. The fraction of sp³-hybridized carbons (Fsp3) is 1.00. The Kier molecular flexibility index (Phi) is 8.43. The second-order valence-electron chi connectivity index (χ2n) is 3.09. The first kappa shape index (κ1) is 17.0. The van der Waals surface area contributed by atoms with E-state index in [-0.39, 0.29) is 5.48 Å². The molecule has 0 saturated carbocycles. The fourth-order valence-electron chi connectivity index (χ4n) is 0. The molecule has 0 radical (unpaired) electrons. The molecule has 0 amide bonds. The molecule has 0 aliphatic carbocycles. The summed E-state index contributed by atoms with van der Waals surface area (Å²) < 4.78 is 35.1. The van der Waals surface area contributed by atoms with Gasteiger partial charge in [-0.25, -0.2) is 0 Å². The van der Waals surface area contributed by atoms with Crippen LogP contribution >= 0.6 is 0 Å². The lowest BCUT2D eigenvalue weighted by molar-refractivity contribution is -0.849. The van der Waals surface area contributed by atoms with Gasteiger partial charge in [0.15, 0.2) is 0 Å². The SMILES string of the molecule is C[N+](C)(C)C.O.O=S(=O)([O-])[O-]. The summed E-state index contributed by atoms with van der Waals surface area (Å²) in [6.45, 7) is 0. The quantitative estimate of drug-likeness (QED) is 0.252. The molecule has 0 bridgehead atoms. The van der Waals surface area contributed by atoms with Gasteiger partial charge in [0.05, 0.1) is 28.2 Å². The molecule has 0 aliphatic rings. The van der Waals surface area contributed by atoms with Crippen LogP contribution in [0.1, 0.15) is 0 Å². The maximum Gasteiger partial charge on any atom is 0.0675 e. The lowest BCUT2D eigenvalue weighted by Gasteiger charge is -2.14. The molecule has 0 aromatic rings. The van der Waals surface area contributed by atoms with Crippen LogP contribution < -0.4 is 0 Å². The number of quaternary nitrogens is 1. The number of rotatable bonds is 0. The molecule has 0 heterocycles. The monoisotopic (exact) mass is 188 g/mol. The molecule has 6 nitrogen and oxygen atoms in total. The number of hydrogen-bond acceptors (Lipinski definition) is 4. The molecule has 0 fully saturated rings. The van der Waals surface area contributed by atoms with Crippen LogP contribution in [0.5, 0.6) is 0 Å². The lowest BCUT2D eigenvalue weighted by Crippen LogP contribution is -2.27. The Morgan fingerprint density at radius 1 is 1.00 bits per heavy atom. The summed E-state index contributed by atoms with van der Waals surface area (Å²) in [5, 5.41) is 0. The van der Waals surface area contributed by atoms with E-state index in [4.69, 9.17) is 17.5 Å². The Labute approximate surface area is 66.9 Å². The zero-order valence-corrected chi connectivity index (χ0v) is 7.80. The van der Waals surface area contributed by atoms with Gasteiger partial charge in [0.2, 0.25) is 0 Å². The predicted octanol–water partition coefficient (Wildman–Crippen LogP) is -1.84. The van der Waals surface area contributed by atoms with Crippen molar-refractivity contribution in [3.05, 3.63) is 0 Å². The molecular formula is C4H14NO5S-. The Hall–Kier alpha value is -0.210. The van der Waals surface area contributed by atoms with E-state index in [1.807, 2.05) is 0 Å². The maximum atomic E-state index is 8.52. The van der Waals surface area contributed by atoms with Gasteiger partial charge in [-0.1, -0.05) is 0 Å². The average molecular weight is 188 g/mol. The molecule has 0 rings (SSSR count). The van der Waals surface area contributed by atoms with E-state index < -0.39 is 10.4 Å². The van der Waals surface area contributed by atoms with Crippen LogP contribution in [0.15, 0.2) is 0 Å². The first-order chi connectivity index (χ1) is 4.00. The van der Waals surface area contributed by atoms with Gasteiger partial charge < -0.3 is 19.1 Å². The van der Waals surface area contributed by atoms with Crippen LogP contribution in [0.25, 0.3) is 0 Å². The van der Waals surface area contributed by atoms with Crippen molar-refractivity contribution in [2.75, 3.05) is 28.2 Å². The van der Waals surface area contributed by atoms with Gasteiger partial charge >= 0.3 is 0 Å². The van der Waals surface area contributed by atoms with E-state index >= 15 is 0 Å². The van der Waals surface area contributed by atoms with Crippen molar-refractivity contribution in [2.45, 2.75) is 0 Å². The molecule has 0 aromatic heterocycles. The first-order valence-corrected chi connectivity index (χ1v) is 3.79. The highest BCUT2D eigenvalue weighted by atomic mass is 32.3. The summed E-state index contributed by atoms with van der Waals surface area (Å²) in [7, 11) is 3.33. The molecule has 0 aliphatic heterocycles. The minimum absolute atomic E-state index is 0. The van der Waals surface area contributed by atoms with E-state index in [9.17, 15) is 0 Å². The van der Waals surface area contributed by atoms with Gasteiger partial charge in [0, 0.05) is 10.4 Å². The van der Waals surface area contributed by atoms with Crippen LogP contribution in [0.4, 0.5) is 0 Å². The molecule has 2 N–H and O–H groups in total. The predicted molar refractivity (Wildman–Crippen MR) is 38.0 cm³/mol. The third-order valence-corrected chi connectivity index (χ3v) is 0. The van der Waals surface area contributed by atoms with Crippen LogP contribution in [-0.4, -0.2) is 55.7 Å². The molecule has 0 atom stereocenters. The summed E-state index contributed by atoms with van der Waals surface area (Å²) in [4.78, 5) is 0. The van der Waals surface area contributed by atoms with Gasteiger partial charge in [-0.2, -0.15) is 0 Å². The summed E-state index contributed by atoms with van der Waals surface area (Å²) in [6, 6.07) is 0. The van der Waals surface area contributed by atoms with Gasteiger partial charge in [-0.15, -0.1) is 0 Å². The molecule has 0 spiro atoms. The average Bonchev–Trinajstić information content (AvgIpc) is 1.12. The topological polar surface area (TPSA) is 112 Å². The van der Waals surface area contributed by atoms with E-state index in [1.54, 1.807) is 0 Å². The van der Waals surface area contributed by atoms with Crippen molar-refractivity contribution in [3.8, 4) is 0 Å². The standard InChI is InChI=1S/C4H12N.H2O4S.H2O/c2*1-5(2,3)4;/h1-4H3;(H2,1,2,3,4);1H2/q+1;;/p-2. The second kappa shape index (κ2) is 5.44. The van der Waals surface area contributed by atoms with Crippen molar-refractivity contribution in [1.82, 2.24) is 0 Å². The Bertz CT molecular complexity index is 153. The minimum Gasteiger partial charge on any atom is -0.759 e. The maximum absolute atomic E-state index is 8.52. The third-order valence-electron chi connectivity index (χ3n) is 0. The van der Waals surface area contributed by atoms with Gasteiger partial charge in [-0.05, 0) is 0 Å². The van der Waals surface area contributed by atoms with E-state index in [0.717, 1.165) is 4.48 Å². The van der Waals surface area contributed by atoms with Crippen LogP contribution in [-0.2, 0) is 10.4 Å². The summed E-state index contributed by atoms with van der Waals surface area (Å²) >= 11 is 0. The zero-order valence-electron chi connectivity index (χ0n) is 6.99. The number of nitrogens with zero attached hydrogens (tertiary/aromatic N) is 1. The Morgan fingerprint density at radius 3 is 1.00 bits per heavy atom. The highest BCUT2D eigenvalue weighted by Crippen LogP contribution is 1.73. The van der Waals surface area contributed by atoms with Crippen molar-refractivity contribution < 1.29 is 27.5 Å². The first-order valence-electron chi connectivity index (χ1n) is 2.46. The van der Waals surface area contributed by atoms with Crippen LogP contribution in [0, 0.1) is 0 Å². The van der Waals surface area contributed by atoms with Crippen LogP contribution in [0.3, 0.4) is 0 Å². The molecule has 0 saturated heterocycles. The highest BCUT2D eigenvalue weighted by Gasteiger charge is 1.88. The molecule has 7 heteroatoms. The molecule has 72 valence electrons. The van der Waals surface area contributed by atoms with Crippen molar-refractivity contribution in [3.63, 3.8) is 0 Å². The molecule has 11 heavy (non-hydrogen) atoms. The smallest absolute Gasteiger partial charge is 0.0675 e. The molecule has 0 unspecified atom stereocenters. The normalized spacial score (nSPS) is 10.7. The summed E-state index contributed by atoms with van der Waals surface area (Å²) in [5.41, 5.74) is 0. The molecule has 0 aromatic carbocycles. The van der Waals surface area contributed by atoms with Crippen molar-refractivity contribution >= 4 is 10.4 Å². The Morgan fingerprint density at radius 2 is 1.00 bits per heavy atom. The fourth-order valence-corrected chi connectivity index (χ4v) is 0. The third kappa shape index (κ3) is 13500. The van der Waals surface area contributed by atoms with Crippen LogP contribution in [0.2, 0.25) is 0 Å². The summed E-state index contributed by atoms with van der Waals surface area (Å²) in [6.07, 6.45) is 0. The Balaban J connectivity index is -0.000000107.